The Bertz CT molecular complexity index is 227. The van der Waals surface area contributed by atoms with Crippen LogP contribution in [0, 0.1) is 0 Å². The van der Waals surface area contributed by atoms with E-state index < -0.39 is 18.6 Å². The van der Waals surface area contributed by atoms with Crippen LogP contribution in [0.4, 0.5) is 22.0 Å². The van der Waals surface area contributed by atoms with E-state index >= 15 is 0 Å². The Kier molecular flexibility index (Phi) is 5.59. The Balaban J connectivity index is 0.000000293. The van der Waals surface area contributed by atoms with E-state index in [1.165, 1.54) is 0 Å². The SMILES string of the molecule is NC1CN(CC(F)F)C1.O=C(O)C(F)(F)F. The lowest BCUT2D eigenvalue weighted by Crippen LogP contribution is -2.56. The summed E-state index contributed by atoms with van der Waals surface area (Å²) in [4.78, 5) is 10.5. The quantitative estimate of drug-likeness (QED) is 0.701. The van der Waals surface area contributed by atoms with Crippen molar-refractivity contribution in [2.45, 2.75) is 18.6 Å². The van der Waals surface area contributed by atoms with Gasteiger partial charge in [0, 0.05) is 19.1 Å². The van der Waals surface area contributed by atoms with Crippen molar-refractivity contribution in [3.63, 3.8) is 0 Å². The van der Waals surface area contributed by atoms with Crippen molar-refractivity contribution < 1.29 is 31.9 Å². The van der Waals surface area contributed by atoms with E-state index in [0.717, 1.165) is 0 Å². The molecule has 0 aliphatic carbocycles. The number of carboxylic acids is 1. The minimum Gasteiger partial charge on any atom is -0.475 e. The van der Waals surface area contributed by atoms with E-state index in [1.54, 1.807) is 4.90 Å². The lowest BCUT2D eigenvalue weighted by atomic mass is 10.1. The van der Waals surface area contributed by atoms with E-state index in [4.69, 9.17) is 15.6 Å². The van der Waals surface area contributed by atoms with Crippen LogP contribution in [-0.2, 0) is 4.79 Å². The van der Waals surface area contributed by atoms with E-state index in [0.29, 0.717) is 13.1 Å². The highest BCUT2D eigenvalue weighted by Gasteiger charge is 2.38. The number of aliphatic carboxylic acids is 1. The zero-order chi connectivity index (χ0) is 12.9. The average molecular weight is 250 g/mol. The van der Waals surface area contributed by atoms with Crippen molar-refractivity contribution in [3.05, 3.63) is 0 Å². The van der Waals surface area contributed by atoms with Gasteiger partial charge in [0.1, 0.15) is 0 Å². The van der Waals surface area contributed by atoms with Gasteiger partial charge in [-0.3, -0.25) is 4.90 Å². The first-order chi connectivity index (χ1) is 7.12. The molecule has 4 nitrogen and oxygen atoms in total. The van der Waals surface area contributed by atoms with Gasteiger partial charge in [-0.2, -0.15) is 13.2 Å². The lowest BCUT2D eigenvalue weighted by Gasteiger charge is -2.36. The van der Waals surface area contributed by atoms with Crippen LogP contribution in [0.1, 0.15) is 0 Å². The summed E-state index contributed by atoms with van der Waals surface area (Å²) >= 11 is 0. The van der Waals surface area contributed by atoms with E-state index in [-0.39, 0.29) is 12.6 Å². The number of carbonyl (C=O) groups is 1. The van der Waals surface area contributed by atoms with Crippen LogP contribution in [-0.4, -0.2) is 54.3 Å². The summed E-state index contributed by atoms with van der Waals surface area (Å²) < 4.78 is 54.8. The summed E-state index contributed by atoms with van der Waals surface area (Å²) in [6.07, 6.45) is -7.29. The first kappa shape index (κ1) is 15.0. The van der Waals surface area contributed by atoms with E-state index in [1.807, 2.05) is 0 Å². The van der Waals surface area contributed by atoms with Gasteiger partial charge in [0.25, 0.3) is 6.43 Å². The molecule has 1 aliphatic rings. The molecule has 1 rings (SSSR count). The Morgan fingerprint density at radius 1 is 1.44 bits per heavy atom. The first-order valence-corrected chi connectivity index (χ1v) is 4.19. The summed E-state index contributed by atoms with van der Waals surface area (Å²) in [6, 6.07) is 0.128. The highest BCUT2D eigenvalue weighted by atomic mass is 19.4. The molecular formula is C7H11F5N2O2. The summed E-state index contributed by atoms with van der Waals surface area (Å²) in [7, 11) is 0. The number of hydrogen-bond donors (Lipinski definition) is 2. The van der Waals surface area contributed by atoms with Crippen molar-refractivity contribution in [2.24, 2.45) is 5.73 Å². The number of alkyl halides is 5. The minimum atomic E-state index is -5.08. The third kappa shape index (κ3) is 6.51. The van der Waals surface area contributed by atoms with Gasteiger partial charge in [-0.05, 0) is 0 Å². The van der Waals surface area contributed by atoms with Gasteiger partial charge < -0.3 is 10.8 Å². The van der Waals surface area contributed by atoms with Gasteiger partial charge in [0.2, 0.25) is 0 Å². The molecule has 0 atom stereocenters. The Labute approximate surface area is 87.8 Å². The number of nitrogens with two attached hydrogens (primary N) is 1. The zero-order valence-corrected chi connectivity index (χ0v) is 8.05. The molecule has 9 heteroatoms. The van der Waals surface area contributed by atoms with Gasteiger partial charge in [0.05, 0.1) is 6.54 Å². The van der Waals surface area contributed by atoms with Crippen LogP contribution in [0.2, 0.25) is 0 Å². The fourth-order valence-corrected chi connectivity index (χ4v) is 0.954. The second-order valence-electron chi connectivity index (χ2n) is 3.17. The molecule has 16 heavy (non-hydrogen) atoms. The highest BCUT2D eigenvalue weighted by Crippen LogP contribution is 2.13. The maximum absolute atomic E-state index is 11.6. The smallest absolute Gasteiger partial charge is 0.475 e. The molecule has 0 bridgehead atoms. The maximum Gasteiger partial charge on any atom is 0.490 e. The molecule has 0 aromatic rings. The van der Waals surface area contributed by atoms with Crippen LogP contribution in [0.25, 0.3) is 0 Å². The first-order valence-electron chi connectivity index (χ1n) is 4.19. The summed E-state index contributed by atoms with van der Waals surface area (Å²) in [5.74, 6) is -2.76. The van der Waals surface area contributed by atoms with Gasteiger partial charge >= 0.3 is 12.1 Å². The number of nitrogens with zero attached hydrogens (tertiary/aromatic N) is 1. The van der Waals surface area contributed by atoms with Gasteiger partial charge in [-0.15, -0.1) is 0 Å². The summed E-state index contributed by atoms with van der Waals surface area (Å²) in [6.45, 7) is 1.14. The van der Waals surface area contributed by atoms with Crippen LogP contribution in [0.15, 0.2) is 0 Å². The maximum atomic E-state index is 11.6. The fourth-order valence-electron chi connectivity index (χ4n) is 0.954. The van der Waals surface area contributed by atoms with Crippen molar-refractivity contribution in [3.8, 4) is 0 Å². The molecule has 1 saturated heterocycles. The molecule has 1 aliphatic heterocycles. The molecule has 0 spiro atoms. The van der Waals surface area contributed by atoms with Crippen LogP contribution >= 0.6 is 0 Å². The molecule has 1 fully saturated rings. The predicted octanol–water partition coefficient (Wildman–Crippen LogP) is 0.528. The Hall–Kier alpha value is -0.960. The van der Waals surface area contributed by atoms with Crippen LogP contribution in [0.5, 0.6) is 0 Å². The van der Waals surface area contributed by atoms with Gasteiger partial charge in [-0.25, -0.2) is 13.6 Å². The van der Waals surface area contributed by atoms with Crippen molar-refractivity contribution in [2.75, 3.05) is 19.6 Å². The number of hydrogen-bond acceptors (Lipinski definition) is 3. The van der Waals surface area contributed by atoms with Crippen molar-refractivity contribution >= 4 is 5.97 Å². The van der Waals surface area contributed by atoms with Crippen LogP contribution in [0.3, 0.4) is 0 Å². The fraction of sp³-hybridized carbons (Fsp3) is 0.857. The molecule has 0 saturated carbocycles. The summed E-state index contributed by atoms with van der Waals surface area (Å²) in [5.41, 5.74) is 5.36. The molecule has 0 aromatic heterocycles. The number of halogens is 5. The van der Waals surface area contributed by atoms with E-state index in [2.05, 4.69) is 0 Å². The molecule has 0 amide bonds. The Morgan fingerprint density at radius 2 is 1.81 bits per heavy atom. The third-order valence-corrected chi connectivity index (χ3v) is 1.62. The van der Waals surface area contributed by atoms with Crippen molar-refractivity contribution in [1.29, 1.82) is 0 Å². The number of rotatable bonds is 2. The average Bonchev–Trinajstić information content (AvgIpc) is 1.99. The van der Waals surface area contributed by atoms with Crippen LogP contribution < -0.4 is 5.73 Å². The molecule has 0 radical (unpaired) electrons. The topological polar surface area (TPSA) is 66.6 Å². The monoisotopic (exact) mass is 250 g/mol. The molecule has 1 heterocycles. The summed E-state index contributed by atoms with van der Waals surface area (Å²) in [5, 5.41) is 7.12. The van der Waals surface area contributed by atoms with Crippen molar-refractivity contribution in [1.82, 2.24) is 4.90 Å². The molecule has 96 valence electrons. The number of likely N-dealkylation sites (tertiary alicyclic amines) is 1. The van der Waals surface area contributed by atoms with Gasteiger partial charge in [0.15, 0.2) is 0 Å². The largest absolute Gasteiger partial charge is 0.490 e. The zero-order valence-electron chi connectivity index (χ0n) is 8.05. The second kappa shape index (κ2) is 5.94. The standard InChI is InChI=1S/C5H10F2N2.C2HF3O2/c6-5(7)3-9-1-4(8)2-9;3-2(4,5)1(6)7/h4-5H,1-3,8H2;(H,6,7). The highest BCUT2D eigenvalue weighted by molar-refractivity contribution is 5.73. The second-order valence-corrected chi connectivity index (χ2v) is 3.17. The molecule has 0 aromatic carbocycles. The lowest BCUT2D eigenvalue weighted by molar-refractivity contribution is -0.192. The number of carboxylic acid groups (broad SMARTS) is 1. The van der Waals surface area contributed by atoms with Gasteiger partial charge in [-0.1, -0.05) is 0 Å². The normalized spacial score (nSPS) is 17.7. The third-order valence-electron chi connectivity index (χ3n) is 1.62. The Morgan fingerprint density at radius 3 is 2.00 bits per heavy atom. The molecule has 0 unspecified atom stereocenters. The minimum absolute atomic E-state index is 0.117. The predicted molar refractivity (Wildman–Crippen MR) is 44.1 cm³/mol. The van der Waals surface area contributed by atoms with E-state index in [9.17, 15) is 22.0 Å². The molecular weight excluding hydrogens is 239 g/mol. The molecule has 3 N–H and O–H groups in total.